The average molecular weight is 343 g/mol. The highest BCUT2D eigenvalue weighted by atomic mass is 19.1. The Morgan fingerprint density at radius 1 is 1.08 bits per heavy atom. The van der Waals surface area contributed by atoms with Gasteiger partial charge in [-0.05, 0) is 42.2 Å². The van der Waals surface area contributed by atoms with E-state index in [4.69, 9.17) is 4.74 Å². The number of hydrogen-bond donors (Lipinski definition) is 2. The number of aliphatic imine (C=N–C) groups is 1. The maximum atomic E-state index is 13.6. The van der Waals surface area contributed by atoms with Gasteiger partial charge in [-0.25, -0.2) is 9.38 Å². The number of benzene rings is 2. The molecule has 5 heteroatoms. The Labute approximate surface area is 149 Å². The zero-order valence-electron chi connectivity index (χ0n) is 15.1. The van der Waals surface area contributed by atoms with Crippen LogP contribution in [0.1, 0.15) is 29.2 Å². The quantitative estimate of drug-likeness (QED) is 0.597. The number of halogens is 1. The van der Waals surface area contributed by atoms with Crippen LogP contribution in [0.15, 0.2) is 47.5 Å². The normalized spacial score (nSPS) is 11.4. The van der Waals surface area contributed by atoms with Crippen molar-refractivity contribution >= 4 is 5.96 Å². The Morgan fingerprint density at radius 3 is 2.60 bits per heavy atom. The molecule has 2 N–H and O–H groups in total. The van der Waals surface area contributed by atoms with Gasteiger partial charge in [-0.3, -0.25) is 0 Å². The van der Waals surface area contributed by atoms with E-state index in [0.717, 1.165) is 23.2 Å². The predicted molar refractivity (Wildman–Crippen MR) is 99.9 cm³/mol. The molecule has 0 unspecified atom stereocenters. The number of rotatable bonds is 7. The highest BCUT2D eigenvalue weighted by Crippen LogP contribution is 2.09. The Hall–Kier alpha value is -2.40. The SMILES string of the molecule is CCNC(=NCc1cccc(COC)c1)NCc1ccc(C)c(F)c1. The lowest BCUT2D eigenvalue weighted by molar-refractivity contribution is 0.185. The van der Waals surface area contributed by atoms with Crippen LogP contribution in [-0.4, -0.2) is 19.6 Å². The minimum atomic E-state index is -0.184. The van der Waals surface area contributed by atoms with E-state index in [0.29, 0.717) is 31.2 Å². The molecule has 25 heavy (non-hydrogen) atoms. The second-order valence-electron chi connectivity index (χ2n) is 5.89. The summed E-state index contributed by atoms with van der Waals surface area (Å²) in [6.07, 6.45) is 0. The van der Waals surface area contributed by atoms with E-state index in [1.165, 1.54) is 0 Å². The van der Waals surface area contributed by atoms with Gasteiger partial charge < -0.3 is 15.4 Å². The van der Waals surface area contributed by atoms with Crippen molar-refractivity contribution in [1.29, 1.82) is 0 Å². The first kappa shape index (κ1) is 18.9. The van der Waals surface area contributed by atoms with Crippen LogP contribution < -0.4 is 10.6 Å². The van der Waals surface area contributed by atoms with Gasteiger partial charge in [-0.15, -0.1) is 0 Å². The molecule has 0 aromatic heterocycles. The highest BCUT2D eigenvalue weighted by molar-refractivity contribution is 5.79. The molecule has 0 radical (unpaired) electrons. The van der Waals surface area contributed by atoms with E-state index >= 15 is 0 Å². The molecule has 0 aliphatic rings. The minimum Gasteiger partial charge on any atom is -0.380 e. The molecule has 0 aliphatic heterocycles. The molecule has 134 valence electrons. The first-order chi connectivity index (χ1) is 12.1. The Bertz CT molecular complexity index is 716. The molecule has 0 atom stereocenters. The standard InChI is InChI=1S/C20H26FN3O/c1-4-22-20(24-13-17-9-8-15(2)19(21)11-17)23-12-16-6-5-7-18(10-16)14-25-3/h5-11H,4,12-14H2,1-3H3,(H2,22,23,24). The summed E-state index contributed by atoms with van der Waals surface area (Å²) in [5.74, 6) is 0.525. The number of guanidine groups is 1. The first-order valence-corrected chi connectivity index (χ1v) is 8.46. The van der Waals surface area contributed by atoms with Gasteiger partial charge in [0, 0.05) is 20.2 Å². The Balaban J connectivity index is 2.00. The van der Waals surface area contributed by atoms with Crippen LogP contribution in [0.4, 0.5) is 4.39 Å². The van der Waals surface area contributed by atoms with Crippen molar-refractivity contribution in [2.24, 2.45) is 4.99 Å². The van der Waals surface area contributed by atoms with Gasteiger partial charge in [0.25, 0.3) is 0 Å². The second kappa shape index (κ2) is 9.79. The van der Waals surface area contributed by atoms with E-state index < -0.39 is 0 Å². The maximum absolute atomic E-state index is 13.6. The summed E-state index contributed by atoms with van der Waals surface area (Å²) in [4.78, 5) is 4.60. The van der Waals surface area contributed by atoms with Gasteiger partial charge in [0.2, 0.25) is 0 Å². The first-order valence-electron chi connectivity index (χ1n) is 8.46. The van der Waals surface area contributed by atoms with Gasteiger partial charge >= 0.3 is 0 Å². The molecular formula is C20H26FN3O. The molecule has 0 amide bonds. The summed E-state index contributed by atoms with van der Waals surface area (Å²) in [6, 6.07) is 13.4. The van der Waals surface area contributed by atoms with Crippen LogP contribution in [0.3, 0.4) is 0 Å². The van der Waals surface area contributed by atoms with Crippen molar-refractivity contribution in [1.82, 2.24) is 10.6 Å². The molecule has 0 saturated heterocycles. The van der Waals surface area contributed by atoms with Crippen molar-refractivity contribution < 1.29 is 9.13 Å². The largest absolute Gasteiger partial charge is 0.380 e. The smallest absolute Gasteiger partial charge is 0.191 e. The summed E-state index contributed by atoms with van der Waals surface area (Å²) in [5.41, 5.74) is 3.78. The molecule has 0 heterocycles. The van der Waals surface area contributed by atoms with Crippen molar-refractivity contribution in [3.63, 3.8) is 0 Å². The van der Waals surface area contributed by atoms with Crippen LogP contribution >= 0.6 is 0 Å². The number of aryl methyl sites for hydroxylation is 1. The van der Waals surface area contributed by atoms with Crippen LogP contribution in [0.25, 0.3) is 0 Å². The summed E-state index contributed by atoms with van der Waals surface area (Å²) in [6.45, 7) is 6.21. The van der Waals surface area contributed by atoms with Crippen molar-refractivity contribution in [3.8, 4) is 0 Å². The third kappa shape index (κ3) is 6.19. The van der Waals surface area contributed by atoms with Gasteiger partial charge in [0.15, 0.2) is 5.96 Å². The molecular weight excluding hydrogens is 317 g/mol. The number of ether oxygens (including phenoxy) is 1. The number of nitrogens with one attached hydrogen (secondary N) is 2. The average Bonchev–Trinajstić information content (AvgIpc) is 2.61. The number of hydrogen-bond acceptors (Lipinski definition) is 2. The van der Waals surface area contributed by atoms with E-state index in [1.807, 2.05) is 31.2 Å². The lowest BCUT2D eigenvalue weighted by Crippen LogP contribution is -2.36. The zero-order chi connectivity index (χ0) is 18.1. The fraction of sp³-hybridized carbons (Fsp3) is 0.350. The van der Waals surface area contributed by atoms with Crippen LogP contribution in [0.2, 0.25) is 0 Å². The van der Waals surface area contributed by atoms with Gasteiger partial charge in [0.1, 0.15) is 5.82 Å². The minimum absolute atomic E-state index is 0.184. The van der Waals surface area contributed by atoms with Gasteiger partial charge in [-0.2, -0.15) is 0 Å². The van der Waals surface area contributed by atoms with Crippen LogP contribution in [0, 0.1) is 12.7 Å². The Kier molecular flexibility index (Phi) is 7.41. The molecule has 0 aliphatic carbocycles. The molecule has 2 aromatic carbocycles. The molecule has 0 bridgehead atoms. The zero-order valence-corrected chi connectivity index (χ0v) is 15.1. The Morgan fingerprint density at radius 2 is 1.88 bits per heavy atom. The highest BCUT2D eigenvalue weighted by Gasteiger charge is 2.02. The number of methoxy groups -OCH3 is 1. The summed E-state index contributed by atoms with van der Waals surface area (Å²) < 4.78 is 18.8. The summed E-state index contributed by atoms with van der Waals surface area (Å²) in [7, 11) is 1.69. The molecule has 2 aromatic rings. The van der Waals surface area contributed by atoms with Crippen LogP contribution in [-0.2, 0) is 24.4 Å². The third-order valence-electron chi connectivity index (χ3n) is 3.76. The predicted octanol–water partition coefficient (Wildman–Crippen LogP) is 3.54. The summed E-state index contributed by atoms with van der Waals surface area (Å²) >= 11 is 0. The second-order valence-corrected chi connectivity index (χ2v) is 5.89. The van der Waals surface area contributed by atoms with Gasteiger partial charge in [-0.1, -0.05) is 36.4 Å². The van der Waals surface area contributed by atoms with Crippen molar-refractivity contribution in [2.45, 2.75) is 33.5 Å². The lowest BCUT2D eigenvalue weighted by Gasteiger charge is -2.12. The van der Waals surface area contributed by atoms with E-state index in [2.05, 4.69) is 21.7 Å². The number of nitrogens with zero attached hydrogens (tertiary/aromatic N) is 1. The maximum Gasteiger partial charge on any atom is 0.191 e. The van der Waals surface area contributed by atoms with E-state index in [-0.39, 0.29) is 5.82 Å². The van der Waals surface area contributed by atoms with Crippen LogP contribution in [0.5, 0.6) is 0 Å². The topological polar surface area (TPSA) is 45.7 Å². The molecule has 2 rings (SSSR count). The van der Waals surface area contributed by atoms with Crippen molar-refractivity contribution in [3.05, 3.63) is 70.5 Å². The fourth-order valence-electron chi connectivity index (χ4n) is 2.43. The van der Waals surface area contributed by atoms with E-state index in [1.54, 1.807) is 26.2 Å². The third-order valence-corrected chi connectivity index (χ3v) is 3.76. The molecule has 0 spiro atoms. The van der Waals surface area contributed by atoms with Crippen molar-refractivity contribution in [2.75, 3.05) is 13.7 Å². The molecule has 0 saturated carbocycles. The molecule has 0 fully saturated rings. The lowest BCUT2D eigenvalue weighted by atomic mass is 10.1. The fourth-order valence-corrected chi connectivity index (χ4v) is 2.43. The van der Waals surface area contributed by atoms with E-state index in [9.17, 15) is 4.39 Å². The monoisotopic (exact) mass is 343 g/mol. The molecule has 4 nitrogen and oxygen atoms in total. The summed E-state index contributed by atoms with van der Waals surface area (Å²) in [5, 5.41) is 6.45. The van der Waals surface area contributed by atoms with Gasteiger partial charge in [0.05, 0.1) is 13.2 Å².